The van der Waals surface area contributed by atoms with Gasteiger partial charge >= 0.3 is 0 Å². The van der Waals surface area contributed by atoms with Crippen molar-refractivity contribution in [3.05, 3.63) is 0 Å². The molecule has 6 heteroatoms. The second-order valence-electron chi connectivity index (χ2n) is 3.65. The fourth-order valence-electron chi connectivity index (χ4n) is 0.829. The molecule has 1 atom stereocenters. The molecule has 0 aliphatic carbocycles. The van der Waals surface area contributed by atoms with E-state index in [9.17, 15) is 9.59 Å². The maximum Gasteiger partial charge on any atom is 0.247 e. The highest BCUT2D eigenvalue weighted by molar-refractivity contribution is 5.79. The predicted octanol–water partition coefficient (Wildman–Crippen LogP) is -1.71. The zero-order valence-corrected chi connectivity index (χ0v) is 9.36. The Kier molecular flexibility index (Phi) is 5.88. The van der Waals surface area contributed by atoms with Crippen molar-refractivity contribution in [2.45, 2.75) is 26.0 Å². The lowest BCUT2D eigenvalue weighted by Gasteiger charge is -2.21. The number of hydrogen-bond donors (Lipinski definition) is 3. The first-order chi connectivity index (χ1) is 6.86. The lowest BCUT2D eigenvalue weighted by molar-refractivity contribution is -0.131. The first-order valence-electron chi connectivity index (χ1n) is 4.80. The molecule has 0 radical (unpaired) electrons. The van der Waals surface area contributed by atoms with E-state index in [4.69, 9.17) is 10.8 Å². The molecule has 0 saturated carbocycles. The minimum atomic E-state index is -1.25. The van der Waals surface area contributed by atoms with Crippen LogP contribution >= 0.6 is 0 Å². The molecule has 15 heavy (non-hydrogen) atoms. The molecule has 0 aromatic heterocycles. The van der Waals surface area contributed by atoms with Crippen molar-refractivity contribution in [3.63, 3.8) is 0 Å². The number of amides is 2. The van der Waals surface area contributed by atoms with E-state index in [0.717, 1.165) is 0 Å². The third-order valence-electron chi connectivity index (χ3n) is 2.11. The number of hydrogen-bond acceptors (Lipinski definition) is 4. The zero-order valence-electron chi connectivity index (χ0n) is 9.36. The summed E-state index contributed by atoms with van der Waals surface area (Å²) in [6.45, 7) is 3.87. The molecule has 0 aromatic carbocycles. The van der Waals surface area contributed by atoms with Crippen LogP contribution in [0.4, 0.5) is 0 Å². The van der Waals surface area contributed by atoms with Crippen LogP contribution in [0.25, 0.3) is 0 Å². The number of nitrogens with two attached hydrogens (primary N) is 1. The van der Waals surface area contributed by atoms with E-state index >= 15 is 0 Å². The van der Waals surface area contributed by atoms with Crippen molar-refractivity contribution < 1.29 is 14.7 Å². The highest BCUT2D eigenvalue weighted by Crippen LogP contribution is 1.92. The highest BCUT2D eigenvalue weighted by atomic mass is 16.3. The molecular weight excluding hydrogens is 198 g/mol. The second-order valence-corrected chi connectivity index (χ2v) is 3.65. The quantitative estimate of drug-likeness (QED) is 0.493. The van der Waals surface area contributed by atoms with Gasteiger partial charge in [0.05, 0.1) is 6.54 Å². The number of aliphatic hydroxyl groups is 1. The summed E-state index contributed by atoms with van der Waals surface area (Å²) in [5.41, 5.74) is 4.84. The molecule has 0 saturated heterocycles. The minimum absolute atomic E-state index is 0.00694. The van der Waals surface area contributed by atoms with Crippen LogP contribution in [0.15, 0.2) is 0 Å². The first kappa shape index (κ1) is 13.9. The van der Waals surface area contributed by atoms with E-state index in [2.05, 4.69) is 5.32 Å². The lowest BCUT2D eigenvalue weighted by Crippen LogP contribution is -2.43. The van der Waals surface area contributed by atoms with Gasteiger partial charge in [0.1, 0.15) is 6.10 Å². The Morgan fingerprint density at radius 3 is 2.40 bits per heavy atom. The monoisotopic (exact) mass is 217 g/mol. The normalized spacial score (nSPS) is 12.6. The first-order valence-corrected chi connectivity index (χ1v) is 4.80. The van der Waals surface area contributed by atoms with Gasteiger partial charge in [-0.05, 0) is 13.8 Å². The van der Waals surface area contributed by atoms with Gasteiger partial charge in [0.2, 0.25) is 11.8 Å². The van der Waals surface area contributed by atoms with Gasteiger partial charge in [0.15, 0.2) is 0 Å². The van der Waals surface area contributed by atoms with Crippen molar-refractivity contribution in [2.24, 2.45) is 5.73 Å². The fourth-order valence-corrected chi connectivity index (χ4v) is 0.829. The average molecular weight is 217 g/mol. The number of carbonyl (C=O) groups is 2. The van der Waals surface area contributed by atoms with Crippen LogP contribution in [-0.4, -0.2) is 54.1 Å². The van der Waals surface area contributed by atoms with Crippen molar-refractivity contribution in [3.8, 4) is 0 Å². The number of nitrogens with zero attached hydrogens (tertiary/aromatic N) is 1. The molecule has 1 unspecified atom stereocenters. The highest BCUT2D eigenvalue weighted by Gasteiger charge is 2.13. The summed E-state index contributed by atoms with van der Waals surface area (Å²) in [6.07, 6.45) is -1.25. The standard InChI is InChI=1S/C9H19N3O3/c1-6(2)12(3)8(14)5-11-4-7(13)9(10)15/h6-7,11,13H,4-5H2,1-3H3,(H2,10,15). The fraction of sp³-hybridized carbons (Fsp3) is 0.778. The van der Waals surface area contributed by atoms with Crippen LogP contribution < -0.4 is 11.1 Å². The number of likely N-dealkylation sites (N-methyl/N-ethyl adjacent to an activating group) is 1. The molecular formula is C9H19N3O3. The van der Waals surface area contributed by atoms with Crippen molar-refractivity contribution in [1.82, 2.24) is 10.2 Å². The summed E-state index contributed by atoms with van der Waals surface area (Å²) >= 11 is 0. The van der Waals surface area contributed by atoms with E-state index < -0.39 is 12.0 Å². The summed E-state index contributed by atoms with van der Waals surface area (Å²) in [6, 6.07) is 0.125. The predicted molar refractivity (Wildman–Crippen MR) is 56.0 cm³/mol. The van der Waals surface area contributed by atoms with Crippen LogP contribution in [0, 0.1) is 0 Å². The van der Waals surface area contributed by atoms with E-state index in [0.29, 0.717) is 0 Å². The molecule has 0 aromatic rings. The van der Waals surface area contributed by atoms with Crippen LogP contribution in [0.2, 0.25) is 0 Å². The molecule has 0 rings (SSSR count). The second kappa shape index (κ2) is 6.36. The molecule has 0 spiro atoms. The van der Waals surface area contributed by atoms with Crippen molar-refractivity contribution >= 4 is 11.8 Å². The maximum absolute atomic E-state index is 11.4. The van der Waals surface area contributed by atoms with E-state index in [1.54, 1.807) is 11.9 Å². The Bertz CT molecular complexity index is 231. The van der Waals surface area contributed by atoms with Gasteiger partial charge in [-0.15, -0.1) is 0 Å². The average Bonchev–Trinajstić information content (AvgIpc) is 2.15. The molecule has 2 amide bonds. The van der Waals surface area contributed by atoms with Gasteiger partial charge < -0.3 is 21.1 Å². The number of rotatable bonds is 6. The Morgan fingerprint density at radius 2 is 2.00 bits per heavy atom. The van der Waals surface area contributed by atoms with Gasteiger partial charge in [-0.25, -0.2) is 0 Å². The molecule has 0 aliphatic heterocycles. The van der Waals surface area contributed by atoms with E-state index in [1.165, 1.54) is 0 Å². The molecule has 4 N–H and O–H groups in total. The summed E-state index contributed by atoms with van der Waals surface area (Å²) in [5, 5.41) is 11.7. The molecule has 0 fully saturated rings. The summed E-state index contributed by atoms with van der Waals surface area (Å²) in [5.74, 6) is -0.895. The van der Waals surface area contributed by atoms with E-state index in [1.807, 2.05) is 13.8 Å². The Hall–Kier alpha value is -1.14. The third kappa shape index (κ3) is 5.34. The van der Waals surface area contributed by atoms with E-state index in [-0.39, 0.29) is 25.0 Å². The Balaban J connectivity index is 3.78. The van der Waals surface area contributed by atoms with Crippen molar-refractivity contribution in [2.75, 3.05) is 20.1 Å². The van der Waals surface area contributed by atoms with Gasteiger partial charge in [-0.3, -0.25) is 9.59 Å². The SMILES string of the molecule is CC(C)N(C)C(=O)CNCC(O)C(N)=O. The third-order valence-corrected chi connectivity index (χ3v) is 2.11. The number of aliphatic hydroxyl groups excluding tert-OH is 1. The van der Waals surface area contributed by atoms with Gasteiger partial charge in [-0.1, -0.05) is 0 Å². The Labute approximate surface area is 89.4 Å². The number of nitrogens with one attached hydrogen (secondary N) is 1. The van der Waals surface area contributed by atoms with Crippen molar-refractivity contribution in [1.29, 1.82) is 0 Å². The maximum atomic E-state index is 11.4. The molecule has 6 nitrogen and oxygen atoms in total. The molecule has 0 aliphatic rings. The largest absolute Gasteiger partial charge is 0.382 e. The van der Waals surface area contributed by atoms with Gasteiger partial charge in [0.25, 0.3) is 0 Å². The zero-order chi connectivity index (χ0) is 12.0. The van der Waals surface area contributed by atoms with Crippen LogP contribution in [0.5, 0.6) is 0 Å². The topological polar surface area (TPSA) is 95.7 Å². The summed E-state index contributed by atoms with van der Waals surface area (Å²) < 4.78 is 0. The van der Waals surface area contributed by atoms with Gasteiger partial charge in [-0.2, -0.15) is 0 Å². The van der Waals surface area contributed by atoms with Crippen LogP contribution in [0.1, 0.15) is 13.8 Å². The van der Waals surface area contributed by atoms with Crippen LogP contribution in [-0.2, 0) is 9.59 Å². The summed E-state index contributed by atoms with van der Waals surface area (Å²) in [4.78, 5) is 23.4. The minimum Gasteiger partial charge on any atom is -0.382 e. The molecule has 88 valence electrons. The lowest BCUT2D eigenvalue weighted by atomic mass is 10.3. The molecule has 0 bridgehead atoms. The number of carbonyl (C=O) groups excluding carboxylic acids is 2. The Morgan fingerprint density at radius 1 is 1.47 bits per heavy atom. The molecule has 0 heterocycles. The summed E-state index contributed by atoms with van der Waals surface area (Å²) in [7, 11) is 1.69. The van der Waals surface area contributed by atoms with Crippen LogP contribution in [0.3, 0.4) is 0 Å². The van der Waals surface area contributed by atoms with Gasteiger partial charge in [0, 0.05) is 19.6 Å². The number of primary amides is 1. The smallest absolute Gasteiger partial charge is 0.247 e.